The van der Waals surface area contributed by atoms with E-state index in [4.69, 9.17) is 0 Å². The van der Waals surface area contributed by atoms with E-state index in [0.717, 1.165) is 29.4 Å². The number of aryl methyl sites for hydroxylation is 2. The summed E-state index contributed by atoms with van der Waals surface area (Å²) in [4.78, 5) is 4.78. The molecule has 0 atom stereocenters. The highest BCUT2D eigenvalue weighted by atomic mass is 32.2. The molecule has 1 fully saturated rings. The van der Waals surface area contributed by atoms with Gasteiger partial charge in [0, 0.05) is 29.4 Å². The number of hydrogen-bond acceptors (Lipinski definition) is 4. The second-order valence-corrected chi connectivity index (χ2v) is 8.69. The fraction of sp³-hybridized carbons (Fsp3) is 0.714. The summed E-state index contributed by atoms with van der Waals surface area (Å²) in [7, 11) is -3.34. The van der Waals surface area contributed by atoms with Gasteiger partial charge >= 0.3 is 0 Å². The first kappa shape index (κ1) is 15.9. The minimum Gasteiger partial charge on any atom is -0.302 e. The number of rotatable bonds is 6. The molecule has 0 N–H and O–H groups in total. The molecule has 20 heavy (non-hydrogen) atoms. The van der Waals surface area contributed by atoms with Crippen LogP contribution in [0.2, 0.25) is 0 Å². The minimum absolute atomic E-state index is 0.489. The molecule has 4 nitrogen and oxygen atoms in total. The van der Waals surface area contributed by atoms with Gasteiger partial charge in [-0.05, 0) is 45.8 Å². The summed E-state index contributed by atoms with van der Waals surface area (Å²) in [6.45, 7) is 9.93. The lowest BCUT2D eigenvalue weighted by Gasteiger charge is -2.23. The molecule has 0 amide bonds. The first-order valence-corrected chi connectivity index (χ1v) is 9.50. The van der Waals surface area contributed by atoms with Crippen molar-refractivity contribution in [3.8, 4) is 0 Å². The van der Waals surface area contributed by atoms with Crippen molar-refractivity contribution in [2.75, 3.05) is 32.7 Å². The summed E-state index contributed by atoms with van der Waals surface area (Å²) >= 11 is 1.55. The van der Waals surface area contributed by atoms with Gasteiger partial charge in [-0.1, -0.05) is 6.92 Å². The lowest BCUT2D eigenvalue weighted by molar-refractivity contribution is 0.299. The number of likely N-dealkylation sites (tertiary alicyclic amines) is 1. The van der Waals surface area contributed by atoms with Gasteiger partial charge in [0.15, 0.2) is 0 Å². The molecule has 1 aliphatic rings. The molecule has 0 radical (unpaired) electrons. The smallest absolute Gasteiger partial charge is 0.244 e. The van der Waals surface area contributed by atoms with Crippen LogP contribution in [0.15, 0.2) is 11.0 Å². The van der Waals surface area contributed by atoms with Gasteiger partial charge in [-0.25, -0.2) is 8.42 Å². The van der Waals surface area contributed by atoms with E-state index in [1.807, 2.05) is 20.8 Å². The maximum Gasteiger partial charge on any atom is 0.244 e. The fourth-order valence-electron chi connectivity index (χ4n) is 2.71. The summed E-state index contributed by atoms with van der Waals surface area (Å²) in [5, 5.41) is 0. The summed E-state index contributed by atoms with van der Waals surface area (Å²) < 4.78 is 27.0. The highest BCUT2D eigenvalue weighted by molar-refractivity contribution is 7.89. The van der Waals surface area contributed by atoms with E-state index in [9.17, 15) is 8.42 Å². The molecule has 114 valence electrons. The van der Waals surface area contributed by atoms with Gasteiger partial charge in [-0.15, -0.1) is 11.3 Å². The molecule has 1 aromatic heterocycles. The number of hydrogen-bond donors (Lipinski definition) is 0. The van der Waals surface area contributed by atoms with Crippen LogP contribution in [0.3, 0.4) is 0 Å². The van der Waals surface area contributed by atoms with Crippen LogP contribution in [0.5, 0.6) is 0 Å². The van der Waals surface area contributed by atoms with Crippen LogP contribution >= 0.6 is 11.3 Å². The van der Waals surface area contributed by atoms with Crippen molar-refractivity contribution >= 4 is 21.4 Å². The normalized spacial score (nSPS) is 17.2. The van der Waals surface area contributed by atoms with Gasteiger partial charge in [0.05, 0.1) is 4.90 Å². The molecule has 1 saturated heterocycles. The monoisotopic (exact) mass is 316 g/mol. The fourth-order valence-corrected chi connectivity index (χ4v) is 5.67. The Morgan fingerprint density at radius 2 is 1.95 bits per heavy atom. The summed E-state index contributed by atoms with van der Waals surface area (Å²) in [5.41, 5.74) is 0. The van der Waals surface area contributed by atoms with E-state index in [1.165, 1.54) is 12.8 Å². The maximum atomic E-state index is 12.7. The van der Waals surface area contributed by atoms with Crippen molar-refractivity contribution in [2.45, 2.75) is 38.5 Å². The summed E-state index contributed by atoms with van der Waals surface area (Å²) in [6, 6.07) is 1.80. The highest BCUT2D eigenvalue weighted by Gasteiger charge is 2.26. The Morgan fingerprint density at radius 1 is 1.30 bits per heavy atom. The standard InChI is InChI=1S/C14H24N2O2S2/c1-4-16(10-9-15-7-5-6-8-15)20(17,18)14-11-12(2)19-13(14)3/h11H,4-10H2,1-3H3. The molecule has 0 spiro atoms. The second-order valence-electron chi connectivity index (χ2n) is 5.32. The van der Waals surface area contributed by atoms with Crippen molar-refractivity contribution in [2.24, 2.45) is 0 Å². The van der Waals surface area contributed by atoms with Crippen LogP contribution in [0.1, 0.15) is 29.5 Å². The van der Waals surface area contributed by atoms with Crippen LogP contribution in [0.4, 0.5) is 0 Å². The predicted molar refractivity (Wildman–Crippen MR) is 83.9 cm³/mol. The lowest BCUT2D eigenvalue weighted by atomic mass is 10.4. The molecular weight excluding hydrogens is 292 g/mol. The van der Waals surface area contributed by atoms with E-state index in [-0.39, 0.29) is 0 Å². The number of nitrogens with zero attached hydrogens (tertiary/aromatic N) is 2. The highest BCUT2D eigenvalue weighted by Crippen LogP contribution is 2.27. The molecule has 0 aromatic carbocycles. The Balaban J connectivity index is 2.10. The zero-order chi connectivity index (χ0) is 14.8. The molecule has 0 bridgehead atoms. The summed E-state index contributed by atoms with van der Waals surface area (Å²) in [6.07, 6.45) is 2.48. The third-order valence-corrected chi connectivity index (χ3v) is 7.03. The predicted octanol–water partition coefficient (Wildman–Crippen LogP) is 2.47. The minimum atomic E-state index is -3.34. The molecular formula is C14H24N2O2S2. The van der Waals surface area contributed by atoms with Crippen molar-refractivity contribution in [3.63, 3.8) is 0 Å². The first-order chi connectivity index (χ1) is 9.45. The quantitative estimate of drug-likeness (QED) is 0.809. The van der Waals surface area contributed by atoms with E-state index in [1.54, 1.807) is 21.7 Å². The summed E-state index contributed by atoms with van der Waals surface area (Å²) in [5.74, 6) is 0. The van der Waals surface area contributed by atoms with E-state index >= 15 is 0 Å². The Bertz CT molecular complexity index is 546. The van der Waals surface area contributed by atoms with Crippen LogP contribution < -0.4 is 0 Å². The Labute approximate surface area is 126 Å². The first-order valence-electron chi connectivity index (χ1n) is 7.24. The molecule has 6 heteroatoms. The zero-order valence-corrected chi connectivity index (χ0v) is 14.2. The molecule has 1 aromatic rings. The van der Waals surface area contributed by atoms with Gasteiger partial charge in [0.2, 0.25) is 10.0 Å². The molecule has 1 aliphatic heterocycles. The number of thiophene rings is 1. The number of likely N-dealkylation sites (N-methyl/N-ethyl adjacent to an activating group) is 1. The van der Waals surface area contributed by atoms with E-state index in [0.29, 0.717) is 18.0 Å². The van der Waals surface area contributed by atoms with Crippen LogP contribution in [-0.2, 0) is 10.0 Å². The van der Waals surface area contributed by atoms with Crippen molar-refractivity contribution in [1.82, 2.24) is 9.21 Å². The Morgan fingerprint density at radius 3 is 2.45 bits per heavy atom. The van der Waals surface area contributed by atoms with Crippen molar-refractivity contribution in [3.05, 3.63) is 15.8 Å². The van der Waals surface area contributed by atoms with E-state index in [2.05, 4.69) is 4.90 Å². The largest absolute Gasteiger partial charge is 0.302 e. The molecule has 0 aliphatic carbocycles. The Hall–Kier alpha value is -0.430. The van der Waals surface area contributed by atoms with Gasteiger partial charge in [0.1, 0.15) is 0 Å². The topological polar surface area (TPSA) is 40.6 Å². The van der Waals surface area contributed by atoms with Gasteiger partial charge < -0.3 is 4.90 Å². The third kappa shape index (κ3) is 3.42. The average molecular weight is 316 g/mol. The Kier molecular flexibility index (Phi) is 5.23. The van der Waals surface area contributed by atoms with Crippen LogP contribution in [0.25, 0.3) is 0 Å². The number of sulfonamides is 1. The molecule has 2 rings (SSSR count). The molecule has 0 saturated carbocycles. The van der Waals surface area contributed by atoms with Crippen LogP contribution in [-0.4, -0.2) is 50.3 Å². The van der Waals surface area contributed by atoms with Crippen LogP contribution in [0, 0.1) is 13.8 Å². The SMILES string of the molecule is CCN(CCN1CCCC1)S(=O)(=O)c1cc(C)sc1C. The second kappa shape index (κ2) is 6.56. The van der Waals surface area contributed by atoms with Gasteiger partial charge in [-0.3, -0.25) is 0 Å². The third-order valence-electron chi connectivity index (χ3n) is 3.83. The maximum absolute atomic E-state index is 12.7. The van der Waals surface area contributed by atoms with Gasteiger partial charge in [0.25, 0.3) is 0 Å². The zero-order valence-electron chi connectivity index (χ0n) is 12.6. The van der Waals surface area contributed by atoms with Gasteiger partial charge in [-0.2, -0.15) is 4.31 Å². The lowest BCUT2D eigenvalue weighted by Crippen LogP contribution is -2.37. The molecule has 2 heterocycles. The average Bonchev–Trinajstić information content (AvgIpc) is 2.99. The van der Waals surface area contributed by atoms with Crippen molar-refractivity contribution < 1.29 is 8.42 Å². The van der Waals surface area contributed by atoms with Crippen molar-refractivity contribution in [1.29, 1.82) is 0 Å². The molecule has 0 unspecified atom stereocenters. The van der Waals surface area contributed by atoms with E-state index < -0.39 is 10.0 Å².